The number of nitrogens with zero attached hydrogens (tertiary/aromatic N) is 4. The third-order valence-corrected chi connectivity index (χ3v) is 6.29. The van der Waals surface area contributed by atoms with Gasteiger partial charge in [-0.25, -0.2) is 9.37 Å². The number of ether oxygens (including phenoxy) is 1. The van der Waals surface area contributed by atoms with Gasteiger partial charge in [-0.2, -0.15) is 12.6 Å². The summed E-state index contributed by atoms with van der Waals surface area (Å²) in [4.78, 5) is 20.7. The summed E-state index contributed by atoms with van der Waals surface area (Å²) in [5.74, 6) is 1.46. The number of para-hydroxylation sites is 2. The van der Waals surface area contributed by atoms with E-state index in [-0.39, 0.29) is 11.2 Å². The monoisotopic (exact) mass is 465 g/mol. The number of methoxy groups -OCH3 is 1. The SMILES string of the molecule is COc1ccccc1-n1c(-c2cccs2)nnc1C(S)c1nc2ccc(F)cc2c(=O)[nH]1. The van der Waals surface area contributed by atoms with Crippen LogP contribution in [-0.4, -0.2) is 31.8 Å². The topological polar surface area (TPSA) is 85.7 Å². The van der Waals surface area contributed by atoms with Crippen molar-refractivity contribution in [3.8, 4) is 22.1 Å². The summed E-state index contributed by atoms with van der Waals surface area (Å²) < 4.78 is 21.0. The van der Waals surface area contributed by atoms with Crippen molar-refractivity contribution in [2.75, 3.05) is 7.11 Å². The summed E-state index contributed by atoms with van der Waals surface area (Å²) in [5, 5.41) is 10.2. The van der Waals surface area contributed by atoms with Crippen molar-refractivity contribution >= 4 is 34.9 Å². The lowest BCUT2D eigenvalue weighted by Crippen LogP contribution is -2.16. The number of thiophene rings is 1. The third kappa shape index (κ3) is 3.47. The van der Waals surface area contributed by atoms with Gasteiger partial charge in [-0.05, 0) is 41.8 Å². The van der Waals surface area contributed by atoms with Crippen molar-refractivity contribution < 1.29 is 9.13 Å². The Labute approximate surface area is 191 Å². The Morgan fingerprint density at radius 1 is 1.16 bits per heavy atom. The summed E-state index contributed by atoms with van der Waals surface area (Å²) in [5.41, 5.74) is 0.638. The summed E-state index contributed by atoms with van der Waals surface area (Å²) in [6.45, 7) is 0. The molecule has 1 N–H and O–H groups in total. The molecular weight excluding hydrogens is 449 g/mol. The zero-order valence-electron chi connectivity index (χ0n) is 16.7. The highest BCUT2D eigenvalue weighted by Crippen LogP contribution is 2.35. The molecule has 5 aromatic rings. The van der Waals surface area contributed by atoms with Crippen molar-refractivity contribution in [3.05, 3.63) is 87.8 Å². The van der Waals surface area contributed by atoms with Crippen molar-refractivity contribution in [3.63, 3.8) is 0 Å². The second-order valence-electron chi connectivity index (χ2n) is 6.88. The number of hydrogen-bond acceptors (Lipinski definition) is 7. The van der Waals surface area contributed by atoms with E-state index in [2.05, 4.69) is 20.2 Å². The van der Waals surface area contributed by atoms with E-state index in [4.69, 9.17) is 17.4 Å². The Hall–Kier alpha value is -3.50. The first-order valence-electron chi connectivity index (χ1n) is 9.57. The molecule has 7 nitrogen and oxygen atoms in total. The van der Waals surface area contributed by atoms with E-state index in [1.807, 2.05) is 46.3 Å². The average molecular weight is 466 g/mol. The molecule has 32 heavy (non-hydrogen) atoms. The Morgan fingerprint density at radius 3 is 2.78 bits per heavy atom. The number of aromatic amines is 1. The maximum Gasteiger partial charge on any atom is 0.258 e. The van der Waals surface area contributed by atoms with Crippen molar-refractivity contribution in [1.82, 2.24) is 24.7 Å². The Bertz CT molecular complexity index is 1480. The molecular formula is C22H16FN5O2S2. The van der Waals surface area contributed by atoms with Gasteiger partial charge in [0.15, 0.2) is 11.6 Å². The minimum absolute atomic E-state index is 0.166. The molecule has 0 saturated carbocycles. The Balaban J connectivity index is 1.71. The van der Waals surface area contributed by atoms with Crippen LogP contribution in [0.5, 0.6) is 5.75 Å². The molecule has 0 aliphatic carbocycles. The van der Waals surface area contributed by atoms with Gasteiger partial charge in [0, 0.05) is 0 Å². The number of benzene rings is 2. The number of hydrogen-bond donors (Lipinski definition) is 2. The third-order valence-electron chi connectivity index (χ3n) is 4.95. The average Bonchev–Trinajstić information content (AvgIpc) is 3.48. The van der Waals surface area contributed by atoms with E-state index >= 15 is 0 Å². The minimum Gasteiger partial charge on any atom is -0.495 e. The Kier molecular flexibility index (Phi) is 5.24. The highest BCUT2D eigenvalue weighted by atomic mass is 32.1. The molecule has 0 aliphatic heterocycles. The largest absolute Gasteiger partial charge is 0.495 e. The zero-order valence-corrected chi connectivity index (χ0v) is 18.4. The first-order chi connectivity index (χ1) is 15.6. The summed E-state index contributed by atoms with van der Waals surface area (Å²) in [6.07, 6.45) is 0. The molecule has 0 aliphatic rings. The van der Waals surface area contributed by atoms with Gasteiger partial charge in [0.05, 0.1) is 28.6 Å². The quantitative estimate of drug-likeness (QED) is 0.376. The molecule has 3 aromatic heterocycles. The number of nitrogens with one attached hydrogen (secondary N) is 1. The highest BCUT2D eigenvalue weighted by Gasteiger charge is 2.26. The molecule has 0 saturated heterocycles. The van der Waals surface area contributed by atoms with E-state index in [9.17, 15) is 9.18 Å². The van der Waals surface area contributed by atoms with Gasteiger partial charge < -0.3 is 9.72 Å². The molecule has 5 rings (SSSR count). The zero-order chi connectivity index (χ0) is 22.2. The lowest BCUT2D eigenvalue weighted by atomic mass is 10.2. The molecule has 1 unspecified atom stereocenters. The van der Waals surface area contributed by atoms with Crippen LogP contribution in [0.15, 0.2) is 64.8 Å². The van der Waals surface area contributed by atoms with Crippen LogP contribution in [0.4, 0.5) is 4.39 Å². The van der Waals surface area contributed by atoms with E-state index in [0.29, 0.717) is 22.9 Å². The van der Waals surface area contributed by atoms with E-state index in [1.165, 1.54) is 23.5 Å². The van der Waals surface area contributed by atoms with Gasteiger partial charge >= 0.3 is 0 Å². The highest BCUT2D eigenvalue weighted by molar-refractivity contribution is 7.80. The summed E-state index contributed by atoms with van der Waals surface area (Å²) in [7, 11) is 1.59. The normalized spacial score (nSPS) is 12.2. The van der Waals surface area contributed by atoms with Gasteiger partial charge in [-0.3, -0.25) is 9.36 Å². The Morgan fingerprint density at radius 2 is 2.00 bits per heavy atom. The molecule has 0 spiro atoms. The van der Waals surface area contributed by atoms with Crippen LogP contribution >= 0.6 is 24.0 Å². The maximum absolute atomic E-state index is 13.6. The molecule has 0 bridgehead atoms. The van der Waals surface area contributed by atoms with E-state index in [0.717, 1.165) is 16.6 Å². The van der Waals surface area contributed by atoms with Crippen LogP contribution in [0.25, 0.3) is 27.3 Å². The van der Waals surface area contributed by atoms with Crippen molar-refractivity contribution in [1.29, 1.82) is 0 Å². The minimum atomic E-state index is -0.719. The maximum atomic E-state index is 13.6. The van der Waals surface area contributed by atoms with Crippen molar-refractivity contribution in [2.45, 2.75) is 5.25 Å². The van der Waals surface area contributed by atoms with E-state index < -0.39 is 16.6 Å². The van der Waals surface area contributed by atoms with Gasteiger partial charge in [0.1, 0.15) is 22.6 Å². The van der Waals surface area contributed by atoms with Crippen LogP contribution in [0.3, 0.4) is 0 Å². The fraction of sp³-hybridized carbons (Fsp3) is 0.0909. The van der Waals surface area contributed by atoms with Crippen LogP contribution < -0.4 is 10.3 Å². The van der Waals surface area contributed by atoms with Crippen LogP contribution in [-0.2, 0) is 0 Å². The second kappa shape index (κ2) is 8.21. The number of aromatic nitrogens is 5. The van der Waals surface area contributed by atoms with Gasteiger partial charge in [0.2, 0.25) is 0 Å². The molecule has 160 valence electrons. The number of H-pyrrole nitrogens is 1. The molecule has 1 atom stereocenters. The van der Waals surface area contributed by atoms with E-state index in [1.54, 1.807) is 7.11 Å². The van der Waals surface area contributed by atoms with Gasteiger partial charge in [-0.1, -0.05) is 18.2 Å². The van der Waals surface area contributed by atoms with Crippen molar-refractivity contribution in [2.24, 2.45) is 0 Å². The lowest BCUT2D eigenvalue weighted by molar-refractivity contribution is 0.412. The fourth-order valence-electron chi connectivity index (χ4n) is 3.47. The smallest absolute Gasteiger partial charge is 0.258 e. The molecule has 3 heterocycles. The number of rotatable bonds is 5. The van der Waals surface area contributed by atoms with Gasteiger partial charge in [0.25, 0.3) is 5.56 Å². The first kappa shape index (κ1) is 20.4. The summed E-state index contributed by atoms with van der Waals surface area (Å²) >= 11 is 6.26. The molecule has 10 heteroatoms. The molecule has 0 amide bonds. The molecule has 0 fully saturated rings. The number of thiol groups is 1. The van der Waals surface area contributed by atoms with Crippen LogP contribution in [0, 0.1) is 5.82 Å². The number of halogens is 1. The lowest BCUT2D eigenvalue weighted by Gasteiger charge is -2.16. The molecule has 2 aromatic carbocycles. The predicted octanol–water partition coefficient (Wildman–Crippen LogP) is 4.40. The fourth-order valence-corrected chi connectivity index (χ4v) is 4.46. The number of fused-ring (bicyclic) bond motifs is 1. The van der Waals surface area contributed by atoms with Crippen LogP contribution in [0.2, 0.25) is 0 Å². The van der Waals surface area contributed by atoms with Crippen LogP contribution in [0.1, 0.15) is 16.9 Å². The molecule has 0 radical (unpaired) electrons. The van der Waals surface area contributed by atoms with Gasteiger partial charge in [-0.15, -0.1) is 21.5 Å². The predicted molar refractivity (Wildman–Crippen MR) is 124 cm³/mol. The standard InChI is InChI=1S/C22H16FN5O2S2/c1-30-16-6-3-2-5-15(16)28-20(17-7-4-10-32-17)26-27-21(28)18(31)19-24-14-9-8-12(23)11-13(14)22(29)25-19/h2-11,18,31H,1H3,(H,24,25,29). The summed E-state index contributed by atoms with van der Waals surface area (Å²) in [6, 6.07) is 15.3. The first-order valence-corrected chi connectivity index (χ1v) is 11.0. The second-order valence-corrected chi connectivity index (χ2v) is 8.35.